The Morgan fingerprint density at radius 1 is 1.14 bits per heavy atom. The number of hydrogen-bond acceptors (Lipinski definition) is 4. The van der Waals surface area contributed by atoms with Crippen LogP contribution in [0.15, 0.2) is 0 Å². The van der Waals surface area contributed by atoms with Gasteiger partial charge in [-0.1, -0.05) is 0 Å². The van der Waals surface area contributed by atoms with Crippen molar-refractivity contribution in [2.75, 3.05) is 47.1 Å². The van der Waals surface area contributed by atoms with Crippen molar-refractivity contribution in [2.24, 2.45) is 0 Å². The number of rotatable bonds is 10. The Labute approximate surface area is 86.9 Å². The van der Waals surface area contributed by atoms with E-state index in [1.165, 1.54) is 0 Å². The third kappa shape index (κ3) is 9.92. The van der Waals surface area contributed by atoms with E-state index in [0.717, 1.165) is 26.2 Å². The Morgan fingerprint density at radius 2 is 1.93 bits per heavy atom. The van der Waals surface area contributed by atoms with Gasteiger partial charge in [0.25, 0.3) is 0 Å². The summed E-state index contributed by atoms with van der Waals surface area (Å²) in [5.41, 5.74) is 0. The molecular weight excluding hydrogens is 182 g/mol. The monoisotopic (exact) mass is 205 g/mol. The van der Waals surface area contributed by atoms with Crippen LogP contribution in [0.25, 0.3) is 0 Å². The first kappa shape index (κ1) is 13.8. The molecule has 0 saturated carbocycles. The Bertz CT molecular complexity index is 112. The lowest BCUT2D eigenvalue weighted by atomic mass is 10.4. The maximum Gasteiger partial charge on any atom is 0.0704 e. The number of methoxy groups -OCH3 is 1. The van der Waals surface area contributed by atoms with Crippen molar-refractivity contribution in [1.82, 2.24) is 5.32 Å². The maximum absolute atomic E-state index is 5.47. The van der Waals surface area contributed by atoms with E-state index in [2.05, 4.69) is 5.32 Å². The van der Waals surface area contributed by atoms with Crippen molar-refractivity contribution in [3.05, 3.63) is 0 Å². The molecule has 0 aromatic carbocycles. The van der Waals surface area contributed by atoms with E-state index < -0.39 is 0 Å². The van der Waals surface area contributed by atoms with Crippen LogP contribution in [-0.4, -0.2) is 53.2 Å². The molecule has 0 amide bonds. The molecule has 0 aliphatic carbocycles. The summed E-state index contributed by atoms with van der Waals surface area (Å²) in [5, 5.41) is 3.05. The fourth-order valence-electron chi connectivity index (χ4n) is 1.06. The average molecular weight is 205 g/mol. The Morgan fingerprint density at radius 3 is 2.57 bits per heavy atom. The van der Waals surface area contributed by atoms with Crippen LogP contribution >= 0.6 is 0 Å². The van der Waals surface area contributed by atoms with E-state index in [4.69, 9.17) is 14.2 Å². The zero-order valence-corrected chi connectivity index (χ0v) is 9.54. The van der Waals surface area contributed by atoms with Crippen LogP contribution < -0.4 is 5.32 Å². The Hall–Kier alpha value is -0.160. The van der Waals surface area contributed by atoms with Gasteiger partial charge in [0, 0.05) is 26.9 Å². The van der Waals surface area contributed by atoms with Crippen molar-refractivity contribution in [1.29, 1.82) is 0 Å². The molecular formula is C10H23NO3. The van der Waals surface area contributed by atoms with Gasteiger partial charge in [-0.2, -0.15) is 0 Å². The molecule has 4 heteroatoms. The van der Waals surface area contributed by atoms with Crippen LogP contribution in [0, 0.1) is 0 Å². The third-order valence-electron chi connectivity index (χ3n) is 1.76. The molecule has 86 valence electrons. The SMILES string of the molecule is CNCC(C)OCCOCCCOC. The summed E-state index contributed by atoms with van der Waals surface area (Å²) >= 11 is 0. The molecule has 0 bridgehead atoms. The van der Waals surface area contributed by atoms with E-state index in [-0.39, 0.29) is 6.10 Å². The second-order valence-corrected chi connectivity index (χ2v) is 3.20. The van der Waals surface area contributed by atoms with Gasteiger partial charge in [-0.05, 0) is 20.4 Å². The molecule has 14 heavy (non-hydrogen) atoms. The van der Waals surface area contributed by atoms with E-state index >= 15 is 0 Å². The summed E-state index contributed by atoms with van der Waals surface area (Å²) in [5.74, 6) is 0. The fourth-order valence-corrected chi connectivity index (χ4v) is 1.06. The van der Waals surface area contributed by atoms with Gasteiger partial charge < -0.3 is 19.5 Å². The molecule has 0 aliphatic rings. The van der Waals surface area contributed by atoms with Crippen molar-refractivity contribution >= 4 is 0 Å². The normalized spacial score (nSPS) is 13.1. The molecule has 4 nitrogen and oxygen atoms in total. The number of ether oxygens (including phenoxy) is 3. The van der Waals surface area contributed by atoms with Crippen LogP contribution in [0.5, 0.6) is 0 Å². The van der Waals surface area contributed by atoms with Gasteiger partial charge in [0.15, 0.2) is 0 Å². The molecule has 1 atom stereocenters. The van der Waals surface area contributed by atoms with Crippen LogP contribution in [0.1, 0.15) is 13.3 Å². The van der Waals surface area contributed by atoms with E-state index in [1.54, 1.807) is 7.11 Å². The lowest BCUT2D eigenvalue weighted by molar-refractivity contribution is 0.00946. The summed E-state index contributed by atoms with van der Waals surface area (Å²) in [6, 6.07) is 0. The van der Waals surface area contributed by atoms with Crippen LogP contribution in [-0.2, 0) is 14.2 Å². The summed E-state index contributed by atoms with van der Waals surface area (Å²) in [6.07, 6.45) is 1.20. The first-order valence-electron chi connectivity index (χ1n) is 5.14. The Kier molecular flexibility index (Phi) is 10.8. The topological polar surface area (TPSA) is 39.7 Å². The molecule has 1 N–H and O–H groups in total. The molecule has 0 fully saturated rings. The fraction of sp³-hybridized carbons (Fsp3) is 1.00. The summed E-state index contributed by atoms with van der Waals surface area (Å²) in [4.78, 5) is 0. The largest absolute Gasteiger partial charge is 0.385 e. The van der Waals surface area contributed by atoms with Crippen molar-refractivity contribution in [2.45, 2.75) is 19.4 Å². The molecule has 0 aromatic heterocycles. The predicted octanol–water partition coefficient (Wildman–Crippen LogP) is 0.664. The molecule has 0 aliphatic heterocycles. The van der Waals surface area contributed by atoms with Crippen LogP contribution in [0.3, 0.4) is 0 Å². The minimum absolute atomic E-state index is 0.252. The van der Waals surface area contributed by atoms with Crippen molar-refractivity contribution in [3.63, 3.8) is 0 Å². The third-order valence-corrected chi connectivity index (χ3v) is 1.76. The highest BCUT2D eigenvalue weighted by atomic mass is 16.5. The lowest BCUT2D eigenvalue weighted by Gasteiger charge is -2.12. The van der Waals surface area contributed by atoms with Crippen molar-refractivity contribution in [3.8, 4) is 0 Å². The number of hydrogen-bond donors (Lipinski definition) is 1. The molecule has 0 radical (unpaired) electrons. The van der Waals surface area contributed by atoms with Crippen molar-refractivity contribution < 1.29 is 14.2 Å². The van der Waals surface area contributed by atoms with E-state index in [9.17, 15) is 0 Å². The average Bonchev–Trinajstić information content (AvgIpc) is 2.17. The van der Waals surface area contributed by atoms with E-state index in [1.807, 2.05) is 14.0 Å². The molecule has 0 aromatic rings. The van der Waals surface area contributed by atoms with Crippen LogP contribution in [0.4, 0.5) is 0 Å². The molecule has 0 saturated heterocycles. The highest BCUT2D eigenvalue weighted by Gasteiger charge is 1.98. The summed E-state index contributed by atoms with van der Waals surface area (Å²) in [7, 11) is 3.61. The van der Waals surface area contributed by atoms with Gasteiger partial charge in [-0.25, -0.2) is 0 Å². The smallest absolute Gasteiger partial charge is 0.0704 e. The maximum atomic E-state index is 5.47. The Balaban J connectivity index is 2.98. The standard InChI is InChI=1S/C10H23NO3/c1-10(9-11-2)14-8-7-13-6-4-5-12-3/h10-11H,4-9H2,1-3H3. The van der Waals surface area contributed by atoms with Gasteiger partial charge in [-0.3, -0.25) is 0 Å². The minimum Gasteiger partial charge on any atom is -0.385 e. The quantitative estimate of drug-likeness (QED) is 0.532. The van der Waals surface area contributed by atoms with Gasteiger partial charge in [0.2, 0.25) is 0 Å². The van der Waals surface area contributed by atoms with Gasteiger partial charge in [0.1, 0.15) is 0 Å². The first-order chi connectivity index (χ1) is 6.81. The molecule has 0 rings (SSSR count). The number of likely N-dealkylation sites (N-methyl/N-ethyl adjacent to an activating group) is 1. The summed E-state index contributed by atoms with van der Waals surface area (Å²) in [6.45, 7) is 5.76. The predicted molar refractivity (Wildman–Crippen MR) is 56.7 cm³/mol. The minimum atomic E-state index is 0.252. The molecule has 1 unspecified atom stereocenters. The van der Waals surface area contributed by atoms with Crippen LogP contribution in [0.2, 0.25) is 0 Å². The van der Waals surface area contributed by atoms with Gasteiger partial charge >= 0.3 is 0 Å². The summed E-state index contributed by atoms with van der Waals surface area (Å²) < 4.78 is 15.7. The zero-order valence-electron chi connectivity index (χ0n) is 9.54. The lowest BCUT2D eigenvalue weighted by Crippen LogP contribution is -2.25. The van der Waals surface area contributed by atoms with Gasteiger partial charge in [0.05, 0.1) is 19.3 Å². The highest BCUT2D eigenvalue weighted by molar-refractivity contribution is 4.50. The van der Waals surface area contributed by atoms with Gasteiger partial charge in [-0.15, -0.1) is 0 Å². The first-order valence-corrected chi connectivity index (χ1v) is 5.14. The highest BCUT2D eigenvalue weighted by Crippen LogP contribution is 1.89. The number of nitrogens with one attached hydrogen (secondary N) is 1. The van der Waals surface area contributed by atoms with E-state index in [0.29, 0.717) is 13.2 Å². The zero-order chi connectivity index (χ0) is 10.6. The second kappa shape index (κ2) is 10.9. The second-order valence-electron chi connectivity index (χ2n) is 3.20. The molecule has 0 heterocycles. The molecule has 0 spiro atoms.